The smallest absolute Gasteiger partial charge is 0.195 e. The lowest BCUT2D eigenvalue weighted by Gasteiger charge is -2.13. The zero-order valence-corrected chi connectivity index (χ0v) is 18.6. The normalized spacial score (nSPS) is 13.8. The van der Waals surface area contributed by atoms with Crippen LogP contribution < -0.4 is 0 Å². The molecule has 1 aliphatic carbocycles. The van der Waals surface area contributed by atoms with Gasteiger partial charge in [-0.1, -0.05) is 108 Å². The average Bonchev–Trinajstić information content (AvgIpc) is 3.14. The number of ketones is 1. The third-order valence-corrected chi connectivity index (χ3v) is 6.10. The van der Waals surface area contributed by atoms with Crippen LogP contribution in [0.5, 0.6) is 0 Å². The molecule has 4 aromatic rings. The molecule has 1 nitrogen and oxygen atoms in total. The maximum atomic E-state index is 14.1. The summed E-state index contributed by atoms with van der Waals surface area (Å²) >= 11 is 12.3. The van der Waals surface area contributed by atoms with Gasteiger partial charge >= 0.3 is 0 Å². The molecule has 0 saturated carbocycles. The molecule has 5 rings (SSSR count). The van der Waals surface area contributed by atoms with Crippen molar-refractivity contribution in [3.63, 3.8) is 0 Å². The Kier molecular flexibility index (Phi) is 5.53. The van der Waals surface area contributed by atoms with Gasteiger partial charge in [0.1, 0.15) is 0 Å². The number of carbonyl (C=O) groups excluding carboxylic acids is 1. The van der Waals surface area contributed by atoms with E-state index < -0.39 is 0 Å². The minimum atomic E-state index is -0.00708. The van der Waals surface area contributed by atoms with Gasteiger partial charge in [-0.2, -0.15) is 0 Å². The van der Waals surface area contributed by atoms with E-state index in [0.29, 0.717) is 21.2 Å². The summed E-state index contributed by atoms with van der Waals surface area (Å²) in [6.45, 7) is 0. The van der Waals surface area contributed by atoms with Crippen molar-refractivity contribution in [2.75, 3.05) is 0 Å². The van der Waals surface area contributed by atoms with E-state index in [1.807, 2.05) is 109 Å². The van der Waals surface area contributed by atoms with E-state index in [9.17, 15) is 4.79 Å². The van der Waals surface area contributed by atoms with Crippen molar-refractivity contribution < 1.29 is 4.79 Å². The second-order valence-corrected chi connectivity index (χ2v) is 8.45. The largest absolute Gasteiger partial charge is 0.289 e. The summed E-state index contributed by atoms with van der Waals surface area (Å²) in [7, 11) is 0. The summed E-state index contributed by atoms with van der Waals surface area (Å²) in [5.74, 6) is -0.00708. The first kappa shape index (κ1) is 20.5. The molecule has 0 amide bonds. The van der Waals surface area contributed by atoms with Gasteiger partial charge in [-0.15, -0.1) is 0 Å². The third kappa shape index (κ3) is 3.71. The molecule has 0 radical (unpaired) electrons. The van der Waals surface area contributed by atoms with Crippen LogP contribution in [0, 0.1) is 0 Å². The minimum absolute atomic E-state index is 0.00708. The number of rotatable bonds is 4. The number of hydrogen-bond acceptors (Lipinski definition) is 1. The van der Waals surface area contributed by atoms with Gasteiger partial charge in [-0.25, -0.2) is 0 Å². The second-order valence-electron chi connectivity index (χ2n) is 7.57. The van der Waals surface area contributed by atoms with Gasteiger partial charge in [-0.3, -0.25) is 4.79 Å². The van der Waals surface area contributed by atoms with Crippen LogP contribution in [-0.2, 0) is 4.79 Å². The Bertz CT molecular complexity index is 1240. The fraction of sp³-hybridized carbons (Fsp3) is 0. The fourth-order valence-corrected chi connectivity index (χ4v) is 4.43. The summed E-state index contributed by atoms with van der Waals surface area (Å²) in [4.78, 5) is 14.1. The highest BCUT2D eigenvalue weighted by molar-refractivity contribution is 6.59. The average molecular weight is 453 g/mol. The molecule has 0 fully saturated rings. The van der Waals surface area contributed by atoms with E-state index in [1.165, 1.54) is 0 Å². The summed E-state index contributed by atoms with van der Waals surface area (Å²) in [5.41, 5.74) is 6.88. The van der Waals surface area contributed by atoms with Crippen LogP contribution in [0.4, 0.5) is 0 Å². The lowest BCUT2D eigenvalue weighted by molar-refractivity contribution is -0.108. The van der Waals surface area contributed by atoms with Gasteiger partial charge in [0.25, 0.3) is 0 Å². The monoisotopic (exact) mass is 452 g/mol. The van der Waals surface area contributed by atoms with Gasteiger partial charge in [0.15, 0.2) is 5.78 Å². The lowest BCUT2D eigenvalue weighted by atomic mass is 9.89. The maximum absolute atomic E-state index is 14.1. The van der Waals surface area contributed by atoms with E-state index in [0.717, 1.165) is 33.4 Å². The highest BCUT2D eigenvalue weighted by Gasteiger charge is 2.35. The molecule has 0 N–H and O–H groups in total. The SMILES string of the molecule is O=C1C(c2ccc(Cl)cc2)=C(c2ccccc2)C(c2ccccc2)=C1c1ccc(Cl)cc1. The predicted octanol–water partition coefficient (Wildman–Crippen LogP) is 8.10. The van der Waals surface area contributed by atoms with Crippen molar-refractivity contribution in [2.24, 2.45) is 0 Å². The number of hydrogen-bond donors (Lipinski definition) is 0. The first-order chi connectivity index (χ1) is 15.6. The lowest BCUT2D eigenvalue weighted by Crippen LogP contribution is -2.02. The Morgan fingerprint density at radius 2 is 0.688 bits per heavy atom. The Labute approximate surface area is 197 Å². The fourth-order valence-electron chi connectivity index (χ4n) is 4.17. The van der Waals surface area contributed by atoms with Crippen molar-refractivity contribution in [1.29, 1.82) is 0 Å². The number of carbonyl (C=O) groups is 1. The van der Waals surface area contributed by atoms with Gasteiger partial charge < -0.3 is 0 Å². The van der Waals surface area contributed by atoms with Crippen LogP contribution >= 0.6 is 23.2 Å². The summed E-state index contributed by atoms with van der Waals surface area (Å²) in [6.07, 6.45) is 0. The molecule has 0 aliphatic heterocycles. The molecule has 32 heavy (non-hydrogen) atoms. The van der Waals surface area contributed by atoms with Crippen LogP contribution in [-0.4, -0.2) is 5.78 Å². The molecular weight excluding hydrogens is 435 g/mol. The van der Waals surface area contributed by atoms with E-state index >= 15 is 0 Å². The molecule has 4 aromatic carbocycles. The van der Waals surface area contributed by atoms with E-state index in [4.69, 9.17) is 23.2 Å². The quantitative estimate of drug-likeness (QED) is 0.305. The predicted molar refractivity (Wildman–Crippen MR) is 134 cm³/mol. The van der Waals surface area contributed by atoms with E-state index in [-0.39, 0.29) is 5.78 Å². The number of halogens is 2. The molecule has 0 unspecified atom stereocenters. The summed E-state index contributed by atoms with van der Waals surface area (Å²) in [6, 6.07) is 35.1. The molecule has 0 heterocycles. The van der Waals surface area contributed by atoms with E-state index in [1.54, 1.807) is 0 Å². The Balaban J connectivity index is 1.86. The van der Waals surface area contributed by atoms with Crippen molar-refractivity contribution in [2.45, 2.75) is 0 Å². The number of benzene rings is 4. The molecule has 0 bridgehead atoms. The molecule has 3 heteroatoms. The highest BCUT2D eigenvalue weighted by Crippen LogP contribution is 2.49. The van der Waals surface area contributed by atoms with Gasteiger partial charge in [-0.05, 0) is 46.5 Å². The van der Waals surface area contributed by atoms with Crippen molar-refractivity contribution in [3.05, 3.63) is 141 Å². The van der Waals surface area contributed by atoms with Crippen LogP contribution in [0.1, 0.15) is 22.3 Å². The molecule has 1 aliphatic rings. The maximum Gasteiger partial charge on any atom is 0.195 e. The topological polar surface area (TPSA) is 17.1 Å². The minimum Gasteiger partial charge on any atom is -0.289 e. The van der Waals surface area contributed by atoms with Gasteiger partial charge in [0, 0.05) is 32.3 Å². The molecular formula is C29H18Cl2O. The summed E-state index contributed by atoms with van der Waals surface area (Å²) in [5, 5.41) is 1.27. The molecule has 0 spiro atoms. The van der Waals surface area contributed by atoms with Gasteiger partial charge in [0.2, 0.25) is 0 Å². The Morgan fingerprint density at radius 3 is 1.03 bits per heavy atom. The molecule has 0 saturated heterocycles. The van der Waals surface area contributed by atoms with Crippen LogP contribution in [0.25, 0.3) is 22.3 Å². The van der Waals surface area contributed by atoms with Crippen molar-refractivity contribution >= 4 is 51.3 Å². The second kappa shape index (κ2) is 8.63. The van der Waals surface area contributed by atoms with Crippen molar-refractivity contribution in [3.8, 4) is 0 Å². The number of allylic oxidation sites excluding steroid dienone is 4. The van der Waals surface area contributed by atoms with Crippen LogP contribution in [0.3, 0.4) is 0 Å². The molecule has 154 valence electrons. The van der Waals surface area contributed by atoms with E-state index in [2.05, 4.69) is 0 Å². The summed E-state index contributed by atoms with van der Waals surface area (Å²) < 4.78 is 0. The third-order valence-electron chi connectivity index (χ3n) is 5.59. The zero-order valence-electron chi connectivity index (χ0n) is 17.1. The Hall–Kier alpha value is -3.39. The Morgan fingerprint density at radius 1 is 0.375 bits per heavy atom. The standard InChI is InChI=1S/C29H18Cl2O/c30-23-15-11-21(12-16-23)27-25(19-7-3-1-4-8-19)26(20-9-5-2-6-10-20)28(29(27)32)22-13-17-24(31)18-14-22/h1-18H. The zero-order chi connectivity index (χ0) is 22.1. The first-order valence-electron chi connectivity index (χ1n) is 10.3. The molecule has 0 aromatic heterocycles. The first-order valence-corrected chi connectivity index (χ1v) is 11.1. The van der Waals surface area contributed by atoms with Crippen LogP contribution in [0.15, 0.2) is 109 Å². The van der Waals surface area contributed by atoms with Gasteiger partial charge in [0.05, 0.1) is 0 Å². The number of Topliss-reactive ketones (excluding diaryl/α,β-unsaturated/α-hetero) is 1. The molecule has 0 atom stereocenters. The van der Waals surface area contributed by atoms with Crippen LogP contribution in [0.2, 0.25) is 10.0 Å². The highest BCUT2D eigenvalue weighted by atomic mass is 35.5. The van der Waals surface area contributed by atoms with Crippen molar-refractivity contribution in [1.82, 2.24) is 0 Å².